The van der Waals surface area contributed by atoms with E-state index in [9.17, 15) is 14.7 Å². The minimum Gasteiger partial charge on any atom is -0.508 e. The second-order valence-electron chi connectivity index (χ2n) is 6.37. The van der Waals surface area contributed by atoms with Crippen LogP contribution in [0.4, 0.5) is 0 Å². The lowest BCUT2D eigenvalue weighted by Crippen LogP contribution is -2.54. The van der Waals surface area contributed by atoms with Crippen LogP contribution >= 0.6 is 0 Å². The second kappa shape index (κ2) is 7.38. The summed E-state index contributed by atoms with van der Waals surface area (Å²) in [7, 11) is 0. The van der Waals surface area contributed by atoms with Crippen LogP contribution in [-0.2, 0) is 16.0 Å². The molecule has 2 aromatic carbocycles. The van der Waals surface area contributed by atoms with Gasteiger partial charge >= 0.3 is 0 Å². The maximum Gasteiger partial charge on any atom is 0.246 e. The molecule has 130 valence electrons. The minimum atomic E-state index is -0.603. The molecule has 1 aliphatic rings. The first-order valence-electron chi connectivity index (χ1n) is 8.45. The SMILES string of the molecule is CC(=O)N[C@@H](Cc1ccc(O)cc1)C(=O)N1CCC1c1ccccc1. The van der Waals surface area contributed by atoms with E-state index < -0.39 is 6.04 Å². The number of carbonyl (C=O) groups is 2. The van der Waals surface area contributed by atoms with Gasteiger partial charge in [0, 0.05) is 19.9 Å². The van der Waals surface area contributed by atoms with Crippen LogP contribution in [0.2, 0.25) is 0 Å². The highest BCUT2D eigenvalue weighted by molar-refractivity contribution is 5.88. The van der Waals surface area contributed by atoms with E-state index >= 15 is 0 Å². The van der Waals surface area contributed by atoms with Crippen molar-refractivity contribution in [1.29, 1.82) is 0 Å². The summed E-state index contributed by atoms with van der Waals surface area (Å²) in [5.74, 6) is -0.115. The van der Waals surface area contributed by atoms with Crippen LogP contribution < -0.4 is 5.32 Å². The van der Waals surface area contributed by atoms with Crippen LogP contribution in [0.3, 0.4) is 0 Å². The lowest BCUT2D eigenvalue weighted by atomic mass is 9.92. The normalized spacial score (nSPS) is 17.5. The molecule has 1 heterocycles. The van der Waals surface area contributed by atoms with Crippen molar-refractivity contribution in [3.8, 4) is 5.75 Å². The van der Waals surface area contributed by atoms with Gasteiger partial charge in [-0.3, -0.25) is 9.59 Å². The Morgan fingerprint density at radius 3 is 2.40 bits per heavy atom. The largest absolute Gasteiger partial charge is 0.508 e. The van der Waals surface area contributed by atoms with Crippen molar-refractivity contribution >= 4 is 11.8 Å². The molecule has 1 fully saturated rings. The topological polar surface area (TPSA) is 69.6 Å². The quantitative estimate of drug-likeness (QED) is 0.880. The molecule has 2 atom stereocenters. The number of nitrogens with one attached hydrogen (secondary N) is 1. The maximum absolute atomic E-state index is 13.0. The number of nitrogens with zero attached hydrogens (tertiary/aromatic N) is 1. The van der Waals surface area contributed by atoms with Crippen molar-refractivity contribution in [3.63, 3.8) is 0 Å². The fourth-order valence-corrected chi connectivity index (χ4v) is 3.19. The van der Waals surface area contributed by atoms with Crippen molar-refractivity contribution in [2.75, 3.05) is 6.54 Å². The van der Waals surface area contributed by atoms with Gasteiger partial charge in [-0.2, -0.15) is 0 Å². The molecule has 0 radical (unpaired) electrons. The van der Waals surface area contributed by atoms with Crippen LogP contribution in [0.1, 0.15) is 30.5 Å². The molecule has 0 aromatic heterocycles. The summed E-state index contributed by atoms with van der Waals surface area (Å²) < 4.78 is 0. The summed E-state index contributed by atoms with van der Waals surface area (Å²) in [4.78, 5) is 26.4. The molecule has 2 N–H and O–H groups in total. The molecule has 0 saturated carbocycles. The molecule has 1 saturated heterocycles. The van der Waals surface area contributed by atoms with Crippen LogP contribution in [0.5, 0.6) is 5.75 Å². The lowest BCUT2D eigenvalue weighted by molar-refractivity contribution is -0.143. The fourth-order valence-electron chi connectivity index (χ4n) is 3.19. The maximum atomic E-state index is 13.0. The molecule has 25 heavy (non-hydrogen) atoms. The van der Waals surface area contributed by atoms with E-state index in [2.05, 4.69) is 5.32 Å². The monoisotopic (exact) mass is 338 g/mol. The number of hydrogen-bond acceptors (Lipinski definition) is 3. The Morgan fingerprint density at radius 2 is 1.84 bits per heavy atom. The zero-order chi connectivity index (χ0) is 17.8. The molecule has 0 spiro atoms. The molecule has 2 amide bonds. The summed E-state index contributed by atoms with van der Waals surface area (Å²) >= 11 is 0. The number of hydrogen-bond donors (Lipinski definition) is 2. The van der Waals surface area contributed by atoms with Gasteiger partial charge in [-0.15, -0.1) is 0 Å². The number of rotatable bonds is 5. The summed E-state index contributed by atoms with van der Waals surface area (Å²) in [6.07, 6.45) is 1.33. The van der Waals surface area contributed by atoms with Crippen molar-refractivity contribution in [2.45, 2.75) is 31.8 Å². The van der Waals surface area contributed by atoms with Gasteiger partial charge in [-0.05, 0) is 29.7 Å². The Hall–Kier alpha value is -2.82. The smallest absolute Gasteiger partial charge is 0.246 e. The van der Waals surface area contributed by atoms with E-state index in [1.54, 1.807) is 24.3 Å². The van der Waals surface area contributed by atoms with Crippen molar-refractivity contribution < 1.29 is 14.7 Å². The van der Waals surface area contributed by atoms with E-state index in [1.165, 1.54) is 6.92 Å². The molecular weight excluding hydrogens is 316 g/mol. The number of amides is 2. The third kappa shape index (κ3) is 3.99. The highest BCUT2D eigenvalue weighted by Gasteiger charge is 2.37. The van der Waals surface area contributed by atoms with Gasteiger partial charge in [0.25, 0.3) is 0 Å². The first kappa shape index (κ1) is 17.0. The number of phenols is 1. The molecule has 1 unspecified atom stereocenters. The number of phenolic OH excluding ortho intramolecular Hbond substituents is 1. The molecule has 1 aliphatic heterocycles. The average molecular weight is 338 g/mol. The van der Waals surface area contributed by atoms with Crippen molar-refractivity contribution in [1.82, 2.24) is 10.2 Å². The standard InChI is InChI=1S/C20H22N2O3/c1-14(23)21-18(13-15-7-9-17(24)10-8-15)20(25)22-12-11-19(22)16-5-3-2-4-6-16/h2-10,18-19,24H,11-13H2,1H3,(H,21,23)/t18-,19?/m0/s1. The summed E-state index contributed by atoms with van der Waals surface area (Å²) in [5, 5.41) is 12.2. The minimum absolute atomic E-state index is 0.0663. The Kier molecular flexibility index (Phi) is 5.03. The molecule has 0 bridgehead atoms. The average Bonchev–Trinajstić information content (AvgIpc) is 2.56. The van der Waals surface area contributed by atoms with Gasteiger partial charge in [-0.25, -0.2) is 0 Å². The van der Waals surface area contributed by atoms with E-state index in [1.807, 2.05) is 35.2 Å². The summed E-state index contributed by atoms with van der Waals surface area (Å²) in [6, 6.07) is 16.1. The zero-order valence-electron chi connectivity index (χ0n) is 14.2. The van der Waals surface area contributed by atoms with E-state index in [-0.39, 0.29) is 23.6 Å². The number of likely N-dealkylation sites (tertiary alicyclic amines) is 1. The van der Waals surface area contributed by atoms with Crippen molar-refractivity contribution in [2.24, 2.45) is 0 Å². The first-order valence-corrected chi connectivity index (χ1v) is 8.45. The number of benzene rings is 2. The second-order valence-corrected chi connectivity index (χ2v) is 6.37. The van der Waals surface area contributed by atoms with Gasteiger partial charge in [0.1, 0.15) is 11.8 Å². The van der Waals surface area contributed by atoms with E-state index in [4.69, 9.17) is 0 Å². The Labute approximate surface area is 147 Å². The molecule has 3 rings (SSSR count). The van der Waals surface area contributed by atoms with Crippen LogP contribution in [-0.4, -0.2) is 34.4 Å². The Bertz CT molecular complexity index is 743. The molecule has 5 nitrogen and oxygen atoms in total. The molecule has 2 aromatic rings. The van der Waals surface area contributed by atoms with Gasteiger partial charge in [0.05, 0.1) is 6.04 Å². The van der Waals surface area contributed by atoms with E-state index in [0.717, 1.165) is 17.5 Å². The Balaban J connectivity index is 1.75. The van der Waals surface area contributed by atoms with Crippen LogP contribution in [0, 0.1) is 0 Å². The van der Waals surface area contributed by atoms with Crippen LogP contribution in [0.15, 0.2) is 54.6 Å². The third-order valence-electron chi connectivity index (χ3n) is 4.54. The zero-order valence-corrected chi connectivity index (χ0v) is 14.2. The highest BCUT2D eigenvalue weighted by atomic mass is 16.3. The third-order valence-corrected chi connectivity index (χ3v) is 4.54. The highest BCUT2D eigenvalue weighted by Crippen LogP contribution is 2.33. The lowest BCUT2D eigenvalue weighted by Gasteiger charge is -2.43. The van der Waals surface area contributed by atoms with E-state index in [0.29, 0.717) is 13.0 Å². The predicted octanol–water partition coefficient (Wildman–Crippen LogP) is 2.41. The van der Waals surface area contributed by atoms with Crippen LogP contribution in [0.25, 0.3) is 0 Å². The number of carbonyl (C=O) groups excluding carboxylic acids is 2. The van der Waals surface area contributed by atoms with Gasteiger partial charge in [0.2, 0.25) is 11.8 Å². The molecule has 0 aliphatic carbocycles. The first-order chi connectivity index (χ1) is 12.0. The summed E-state index contributed by atoms with van der Waals surface area (Å²) in [5.41, 5.74) is 2.01. The van der Waals surface area contributed by atoms with Gasteiger partial charge in [-0.1, -0.05) is 42.5 Å². The molecule has 5 heteroatoms. The number of aromatic hydroxyl groups is 1. The van der Waals surface area contributed by atoms with Crippen molar-refractivity contribution in [3.05, 3.63) is 65.7 Å². The fraction of sp³-hybridized carbons (Fsp3) is 0.300. The predicted molar refractivity (Wildman–Crippen MR) is 94.9 cm³/mol. The Morgan fingerprint density at radius 1 is 1.16 bits per heavy atom. The van der Waals surface area contributed by atoms with Gasteiger partial charge in [0.15, 0.2) is 0 Å². The summed E-state index contributed by atoms with van der Waals surface area (Å²) in [6.45, 7) is 2.12. The van der Waals surface area contributed by atoms with Gasteiger partial charge < -0.3 is 15.3 Å². The molecular formula is C20H22N2O3.